The first-order chi connectivity index (χ1) is 8.08. The highest BCUT2D eigenvalue weighted by Gasteiger charge is 2.52. The Hall–Kier alpha value is -0.900. The maximum Gasteiger partial charge on any atom is 0.233 e. The molecular formula is C13H22N2O2. The Balaban J connectivity index is 2.06. The fourth-order valence-electron chi connectivity index (χ4n) is 3.07. The van der Waals surface area contributed by atoms with Crippen molar-refractivity contribution < 1.29 is 9.59 Å². The molecule has 4 heteroatoms. The predicted octanol–water partition coefficient (Wildman–Crippen LogP) is 1.14. The number of imide groups is 1. The van der Waals surface area contributed by atoms with Crippen molar-refractivity contribution in [3.05, 3.63) is 0 Å². The lowest BCUT2D eigenvalue weighted by Crippen LogP contribution is -2.41. The second-order valence-electron chi connectivity index (χ2n) is 5.41. The molecule has 3 atom stereocenters. The van der Waals surface area contributed by atoms with Gasteiger partial charge in [0.25, 0.3) is 0 Å². The third-order valence-electron chi connectivity index (χ3n) is 4.35. The molecule has 3 unspecified atom stereocenters. The van der Waals surface area contributed by atoms with Gasteiger partial charge in [-0.2, -0.15) is 0 Å². The fourth-order valence-corrected chi connectivity index (χ4v) is 3.07. The molecule has 2 rings (SSSR count). The molecule has 0 aromatic heterocycles. The number of nitrogens with two attached hydrogens (primary N) is 1. The van der Waals surface area contributed by atoms with E-state index >= 15 is 0 Å². The van der Waals surface area contributed by atoms with Gasteiger partial charge in [-0.15, -0.1) is 0 Å². The number of carbonyl (C=O) groups excluding carboxylic acids is 2. The molecule has 4 nitrogen and oxygen atoms in total. The lowest BCUT2D eigenvalue weighted by Gasteiger charge is -2.20. The van der Waals surface area contributed by atoms with Crippen LogP contribution in [0.2, 0.25) is 0 Å². The van der Waals surface area contributed by atoms with Crippen molar-refractivity contribution in [3.63, 3.8) is 0 Å². The molecule has 1 aliphatic heterocycles. The SMILES string of the molecule is CCC(N)CN1C(=O)C2CC(CC)CC2C1=O. The minimum Gasteiger partial charge on any atom is -0.326 e. The van der Waals surface area contributed by atoms with Crippen molar-refractivity contribution in [3.8, 4) is 0 Å². The van der Waals surface area contributed by atoms with Crippen LogP contribution in [0.15, 0.2) is 0 Å². The van der Waals surface area contributed by atoms with Crippen LogP contribution in [0.5, 0.6) is 0 Å². The maximum absolute atomic E-state index is 12.2. The van der Waals surface area contributed by atoms with Crippen LogP contribution >= 0.6 is 0 Å². The van der Waals surface area contributed by atoms with Gasteiger partial charge in [0, 0.05) is 12.6 Å². The summed E-state index contributed by atoms with van der Waals surface area (Å²) >= 11 is 0. The van der Waals surface area contributed by atoms with Crippen molar-refractivity contribution in [2.75, 3.05) is 6.54 Å². The van der Waals surface area contributed by atoms with Crippen LogP contribution in [-0.4, -0.2) is 29.3 Å². The minimum absolute atomic E-state index is 0.0276. The minimum atomic E-state index is -0.0799. The normalized spacial score (nSPS) is 34.3. The van der Waals surface area contributed by atoms with E-state index in [2.05, 4.69) is 6.92 Å². The summed E-state index contributed by atoms with van der Waals surface area (Å²) in [6.45, 7) is 4.51. The molecule has 1 heterocycles. The summed E-state index contributed by atoms with van der Waals surface area (Å²) in [7, 11) is 0. The molecule has 0 radical (unpaired) electrons. The smallest absolute Gasteiger partial charge is 0.233 e. The molecule has 0 bridgehead atoms. The third-order valence-corrected chi connectivity index (χ3v) is 4.35. The van der Waals surface area contributed by atoms with Crippen LogP contribution in [0.4, 0.5) is 0 Å². The van der Waals surface area contributed by atoms with Crippen molar-refractivity contribution in [2.24, 2.45) is 23.5 Å². The quantitative estimate of drug-likeness (QED) is 0.747. The van der Waals surface area contributed by atoms with Crippen LogP contribution in [0.3, 0.4) is 0 Å². The van der Waals surface area contributed by atoms with Crippen molar-refractivity contribution in [2.45, 2.75) is 45.6 Å². The molecule has 0 aromatic rings. The Kier molecular flexibility index (Phi) is 3.52. The van der Waals surface area contributed by atoms with Gasteiger partial charge < -0.3 is 5.73 Å². The maximum atomic E-state index is 12.2. The molecule has 1 saturated carbocycles. The molecular weight excluding hydrogens is 216 g/mol. The average Bonchev–Trinajstić information content (AvgIpc) is 2.85. The monoisotopic (exact) mass is 238 g/mol. The zero-order valence-electron chi connectivity index (χ0n) is 10.7. The highest BCUT2D eigenvalue weighted by molar-refractivity contribution is 6.05. The Morgan fingerprint density at radius 2 is 1.76 bits per heavy atom. The summed E-state index contributed by atoms with van der Waals surface area (Å²) in [6.07, 6.45) is 3.65. The van der Waals surface area contributed by atoms with E-state index in [1.807, 2.05) is 6.92 Å². The molecule has 2 fully saturated rings. The molecule has 1 aliphatic carbocycles. The molecule has 96 valence electrons. The number of carbonyl (C=O) groups is 2. The average molecular weight is 238 g/mol. The van der Waals surface area contributed by atoms with Gasteiger partial charge in [-0.1, -0.05) is 20.3 Å². The van der Waals surface area contributed by atoms with Gasteiger partial charge in [0.2, 0.25) is 11.8 Å². The zero-order chi connectivity index (χ0) is 12.6. The number of amides is 2. The number of hydrogen-bond acceptors (Lipinski definition) is 3. The molecule has 1 saturated heterocycles. The summed E-state index contributed by atoms with van der Waals surface area (Å²) in [4.78, 5) is 25.7. The lowest BCUT2D eigenvalue weighted by atomic mass is 10.00. The summed E-state index contributed by atoms with van der Waals surface area (Å²) in [5.41, 5.74) is 5.83. The van der Waals surface area contributed by atoms with Crippen LogP contribution in [0.1, 0.15) is 39.5 Å². The van der Waals surface area contributed by atoms with Crippen LogP contribution in [0, 0.1) is 17.8 Å². The first-order valence-corrected chi connectivity index (χ1v) is 6.69. The van der Waals surface area contributed by atoms with Gasteiger partial charge in [-0.05, 0) is 25.2 Å². The van der Waals surface area contributed by atoms with Gasteiger partial charge in [-0.3, -0.25) is 14.5 Å². The van der Waals surface area contributed by atoms with E-state index in [1.165, 1.54) is 4.90 Å². The highest BCUT2D eigenvalue weighted by atomic mass is 16.2. The van der Waals surface area contributed by atoms with E-state index in [0.29, 0.717) is 12.5 Å². The second-order valence-corrected chi connectivity index (χ2v) is 5.41. The fraction of sp³-hybridized carbons (Fsp3) is 0.846. The number of rotatable bonds is 4. The van der Waals surface area contributed by atoms with Crippen molar-refractivity contribution >= 4 is 11.8 Å². The summed E-state index contributed by atoms with van der Waals surface area (Å²) in [6, 6.07) is -0.0799. The van der Waals surface area contributed by atoms with Crippen molar-refractivity contribution in [1.82, 2.24) is 4.90 Å². The van der Waals surface area contributed by atoms with Crippen LogP contribution < -0.4 is 5.73 Å². The third kappa shape index (κ3) is 2.10. The Labute approximate surface area is 103 Å². The highest BCUT2D eigenvalue weighted by Crippen LogP contribution is 2.44. The summed E-state index contributed by atoms with van der Waals surface area (Å²) in [5.74, 6) is 0.521. The van der Waals surface area contributed by atoms with Crippen molar-refractivity contribution in [1.29, 1.82) is 0 Å². The molecule has 17 heavy (non-hydrogen) atoms. The number of likely N-dealkylation sites (tertiary alicyclic amines) is 1. The molecule has 2 amide bonds. The van der Waals surface area contributed by atoms with E-state index < -0.39 is 0 Å². The molecule has 2 aliphatic rings. The topological polar surface area (TPSA) is 63.4 Å². The van der Waals surface area contributed by atoms with Gasteiger partial charge in [0.15, 0.2) is 0 Å². The number of nitrogens with zero attached hydrogens (tertiary/aromatic N) is 1. The lowest BCUT2D eigenvalue weighted by molar-refractivity contribution is -0.140. The Morgan fingerprint density at radius 1 is 1.24 bits per heavy atom. The molecule has 0 aromatic carbocycles. The summed E-state index contributed by atoms with van der Waals surface area (Å²) in [5, 5.41) is 0. The van der Waals surface area contributed by atoms with E-state index in [4.69, 9.17) is 5.73 Å². The second kappa shape index (κ2) is 4.77. The zero-order valence-corrected chi connectivity index (χ0v) is 10.7. The largest absolute Gasteiger partial charge is 0.326 e. The summed E-state index contributed by atoms with van der Waals surface area (Å²) < 4.78 is 0. The first kappa shape index (κ1) is 12.6. The molecule has 0 spiro atoms. The number of hydrogen-bond donors (Lipinski definition) is 1. The van der Waals surface area contributed by atoms with Crippen LogP contribution in [0.25, 0.3) is 0 Å². The number of fused-ring (bicyclic) bond motifs is 1. The van der Waals surface area contributed by atoms with Gasteiger partial charge in [-0.25, -0.2) is 0 Å². The van der Waals surface area contributed by atoms with Gasteiger partial charge in [0.1, 0.15) is 0 Å². The Bertz CT molecular complexity index is 305. The first-order valence-electron chi connectivity index (χ1n) is 6.69. The van der Waals surface area contributed by atoms with Gasteiger partial charge >= 0.3 is 0 Å². The Morgan fingerprint density at radius 3 is 2.18 bits per heavy atom. The van der Waals surface area contributed by atoms with E-state index in [-0.39, 0.29) is 29.7 Å². The standard InChI is InChI=1S/C13H22N2O2/c1-3-8-5-10-11(6-8)13(17)15(12(10)16)7-9(14)4-2/h8-11H,3-7,14H2,1-2H3. The van der Waals surface area contributed by atoms with Gasteiger partial charge in [0.05, 0.1) is 11.8 Å². The van der Waals surface area contributed by atoms with Crippen LogP contribution in [-0.2, 0) is 9.59 Å². The van der Waals surface area contributed by atoms with E-state index in [1.54, 1.807) is 0 Å². The van der Waals surface area contributed by atoms with E-state index in [9.17, 15) is 9.59 Å². The van der Waals surface area contributed by atoms with E-state index in [0.717, 1.165) is 25.7 Å². The predicted molar refractivity (Wildman–Crippen MR) is 65.0 cm³/mol. The molecule has 2 N–H and O–H groups in total.